The first-order valence-corrected chi connectivity index (χ1v) is 14.6. The van der Waals surface area contributed by atoms with Gasteiger partial charge in [0, 0.05) is 46.0 Å². The lowest BCUT2D eigenvalue weighted by molar-refractivity contribution is 1.07. The van der Waals surface area contributed by atoms with Gasteiger partial charge < -0.3 is 0 Å². The van der Waals surface area contributed by atoms with Crippen LogP contribution in [0.4, 0.5) is 0 Å². The Labute approximate surface area is 258 Å². The maximum absolute atomic E-state index is 4.98. The molecule has 0 radical (unpaired) electrons. The van der Waals surface area contributed by atoms with Gasteiger partial charge in [0.05, 0.1) is 0 Å². The van der Waals surface area contributed by atoms with Crippen molar-refractivity contribution in [2.45, 2.75) is 0 Å². The summed E-state index contributed by atoms with van der Waals surface area (Å²) in [5.74, 6) is 1.82. The largest absolute Gasteiger partial charge is 0.265 e. The zero-order chi connectivity index (χ0) is 29.0. The molecule has 0 unspecified atom stereocenters. The van der Waals surface area contributed by atoms with Gasteiger partial charge in [-0.25, -0.2) is 15.0 Å². The first kappa shape index (κ1) is 26.6. The highest BCUT2D eigenvalue weighted by atomic mass is 79.9. The molecule has 0 saturated carbocycles. The van der Waals surface area contributed by atoms with E-state index in [2.05, 4.69) is 98.7 Å². The summed E-state index contributed by atoms with van der Waals surface area (Å²) in [7, 11) is 0. The molecule has 204 valence electrons. The smallest absolute Gasteiger partial charge is 0.164 e. The topological polar surface area (TPSA) is 64.5 Å². The van der Waals surface area contributed by atoms with Crippen LogP contribution in [0.1, 0.15) is 0 Å². The van der Waals surface area contributed by atoms with Crippen LogP contribution in [0.2, 0.25) is 0 Å². The van der Waals surface area contributed by atoms with Crippen LogP contribution in [0.15, 0.2) is 151 Å². The maximum Gasteiger partial charge on any atom is 0.164 e. The van der Waals surface area contributed by atoms with Crippen LogP contribution < -0.4 is 0 Å². The Morgan fingerprint density at radius 3 is 1.21 bits per heavy atom. The zero-order valence-corrected chi connectivity index (χ0v) is 24.6. The molecule has 0 N–H and O–H groups in total. The Hall–Kier alpha value is -5.33. The van der Waals surface area contributed by atoms with Crippen molar-refractivity contribution in [1.82, 2.24) is 24.9 Å². The van der Waals surface area contributed by atoms with E-state index in [0.29, 0.717) is 17.5 Å². The molecule has 0 aliphatic heterocycles. The molecule has 43 heavy (non-hydrogen) atoms. The number of benzene rings is 4. The van der Waals surface area contributed by atoms with Crippen molar-refractivity contribution in [2.75, 3.05) is 0 Å². The molecule has 5 nitrogen and oxygen atoms in total. The highest BCUT2D eigenvalue weighted by Crippen LogP contribution is 2.32. The molecule has 0 aliphatic carbocycles. The van der Waals surface area contributed by atoms with Crippen LogP contribution in [0.25, 0.3) is 67.5 Å². The van der Waals surface area contributed by atoms with Crippen molar-refractivity contribution >= 4 is 15.9 Å². The van der Waals surface area contributed by atoms with Crippen LogP contribution >= 0.6 is 15.9 Å². The second-order valence-corrected chi connectivity index (χ2v) is 10.9. The van der Waals surface area contributed by atoms with E-state index in [1.807, 2.05) is 48.5 Å². The molecule has 0 amide bonds. The summed E-state index contributed by atoms with van der Waals surface area (Å²) < 4.78 is 0.939. The molecule has 0 fully saturated rings. The maximum atomic E-state index is 4.98. The lowest BCUT2D eigenvalue weighted by Gasteiger charge is -2.11. The van der Waals surface area contributed by atoms with Gasteiger partial charge in [-0.15, -0.1) is 0 Å². The van der Waals surface area contributed by atoms with Crippen LogP contribution in [0, 0.1) is 0 Å². The van der Waals surface area contributed by atoms with Gasteiger partial charge >= 0.3 is 0 Å². The molecule has 7 rings (SSSR count). The molecule has 0 atom stereocenters. The fourth-order valence-electron chi connectivity index (χ4n) is 4.99. The lowest BCUT2D eigenvalue weighted by Crippen LogP contribution is -2.00. The molecule has 4 aromatic carbocycles. The monoisotopic (exact) mass is 617 g/mol. The summed E-state index contributed by atoms with van der Waals surface area (Å²) in [5, 5.41) is 0. The first-order chi connectivity index (χ1) is 21.2. The highest BCUT2D eigenvalue weighted by molar-refractivity contribution is 9.10. The minimum Gasteiger partial charge on any atom is -0.265 e. The third kappa shape index (κ3) is 5.87. The van der Waals surface area contributed by atoms with Crippen molar-refractivity contribution in [3.05, 3.63) is 151 Å². The van der Waals surface area contributed by atoms with Crippen molar-refractivity contribution in [2.24, 2.45) is 0 Å². The van der Waals surface area contributed by atoms with Crippen molar-refractivity contribution in [3.8, 4) is 67.5 Å². The summed E-state index contributed by atoms with van der Waals surface area (Å²) in [6.45, 7) is 0. The fourth-order valence-corrected chi connectivity index (χ4v) is 5.48. The normalized spacial score (nSPS) is 10.9. The Balaban J connectivity index is 1.34. The molecule has 6 heteroatoms. The minimum atomic E-state index is 0.599. The number of hydrogen-bond donors (Lipinski definition) is 0. The quantitative estimate of drug-likeness (QED) is 0.186. The van der Waals surface area contributed by atoms with Gasteiger partial charge in [-0.1, -0.05) is 94.8 Å². The van der Waals surface area contributed by atoms with Crippen LogP contribution in [0.5, 0.6) is 0 Å². The molecule has 0 spiro atoms. The Morgan fingerprint density at radius 2 is 0.698 bits per heavy atom. The molecule has 7 aromatic rings. The Morgan fingerprint density at radius 1 is 0.326 bits per heavy atom. The number of aromatic nitrogens is 5. The van der Waals surface area contributed by atoms with E-state index < -0.39 is 0 Å². The van der Waals surface area contributed by atoms with E-state index in [1.165, 1.54) is 0 Å². The van der Waals surface area contributed by atoms with Crippen LogP contribution in [-0.2, 0) is 0 Å². The second kappa shape index (κ2) is 11.9. The predicted molar refractivity (Wildman–Crippen MR) is 176 cm³/mol. The number of nitrogens with zero attached hydrogens (tertiary/aromatic N) is 5. The molecule has 0 aliphatic rings. The number of pyridine rings is 2. The van der Waals surface area contributed by atoms with E-state index in [9.17, 15) is 0 Å². The van der Waals surface area contributed by atoms with Crippen molar-refractivity contribution in [1.29, 1.82) is 0 Å². The predicted octanol–water partition coefficient (Wildman–Crippen LogP) is 9.43. The van der Waals surface area contributed by atoms with Gasteiger partial charge in [-0.05, 0) is 75.8 Å². The summed E-state index contributed by atoms with van der Waals surface area (Å²) in [5.41, 5.74) is 9.34. The van der Waals surface area contributed by atoms with E-state index in [4.69, 9.17) is 15.0 Å². The van der Waals surface area contributed by atoms with E-state index in [1.54, 1.807) is 24.8 Å². The Kier molecular flexibility index (Phi) is 7.34. The number of halogens is 1. The lowest BCUT2D eigenvalue weighted by atomic mass is 10.0. The molecular formula is C37H24BrN5. The van der Waals surface area contributed by atoms with Crippen molar-refractivity contribution < 1.29 is 0 Å². The summed E-state index contributed by atoms with van der Waals surface area (Å²) in [4.78, 5) is 23.2. The molecule has 0 saturated heterocycles. The molecular weight excluding hydrogens is 594 g/mol. The standard InChI is InChI=1S/C37H24BrN5/c38-34-23-32(29-16-20-40-21-17-29)22-33(24-34)37-42-35(30-10-6-26(7-11-30)25-4-2-1-3-5-25)41-36(43-37)31-12-8-27(9-13-31)28-14-18-39-19-15-28/h1-24H. The van der Waals surface area contributed by atoms with Gasteiger partial charge in [0.2, 0.25) is 0 Å². The summed E-state index contributed by atoms with van der Waals surface area (Å²) in [6.07, 6.45) is 7.19. The third-order valence-corrected chi connectivity index (χ3v) is 7.67. The number of rotatable bonds is 6. The summed E-state index contributed by atoms with van der Waals surface area (Å²) in [6, 6.07) is 41.2. The van der Waals surface area contributed by atoms with Gasteiger partial charge in [-0.3, -0.25) is 9.97 Å². The van der Waals surface area contributed by atoms with Crippen LogP contribution in [-0.4, -0.2) is 24.9 Å². The number of hydrogen-bond acceptors (Lipinski definition) is 5. The molecule has 0 bridgehead atoms. The van der Waals surface area contributed by atoms with Gasteiger partial charge in [0.1, 0.15) is 0 Å². The average Bonchev–Trinajstić information content (AvgIpc) is 3.09. The highest BCUT2D eigenvalue weighted by Gasteiger charge is 2.14. The van der Waals surface area contributed by atoms with Crippen LogP contribution in [0.3, 0.4) is 0 Å². The Bertz CT molecular complexity index is 1900. The van der Waals surface area contributed by atoms with Gasteiger partial charge in [-0.2, -0.15) is 0 Å². The van der Waals surface area contributed by atoms with E-state index in [-0.39, 0.29) is 0 Å². The average molecular weight is 619 g/mol. The van der Waals surface area contributed by atoms with Gasteiger partial charge in [0.15, 0.2) is 17.5 Å². The molecule has 3 aromatic heterocycles. The van der Waals surface area contributed by atoms with Crippen molar-refractivity contribution in [3.63, 3.8) is 0 Å². The zero-order valence-electron chi connectivity index (χ0n) is 23.0. The first-order valence-electron chi connectivity index (χ1n) is 13.8. The second-order valence-electron chi connectivity index (χ2n) is 10.0. The minimum absolute atomic E-state index is 0.599. The van der Waals surface area contributed by atoms with E-state index >= 15 is 0 Å². The third-order valence-electron chi connectivity index (χ3n) is 7.21. The summed E-state index contributed by atoms with van der Waals surface area (Å²) >= 11 is 3.70. The van der Waals surface area contributed by atoms with E-state index in [0.717, 1.165) is 54.5 Å². The molecule has 3 heterocycles. The fraction of sp³-hybridized carbons (Fsp3) is 0. The SMILES string of the molecule is Brc1cc(-c2ccncc2)cc(-c2nc(-c3ccc(-c4ccccc4)cc3)nc(-c3ccc(-c4ccncc4)cc3)n2)c1. The van der Waals surface area contributed by atoms with Gasteiger partial charge in [0.25, 0.3) is 0 Å².